The predicted molar refractivity (Wildman–Crippen MR) is 123 cm³/mol. The summed E-state index contributed by atoms with van der Waals surface area (Å²) in [7, 11) is 3.18. The fraction of sp³-hybridized carbons (Fsp3) is 0.500. The number of carbonyl (C=O) groups excluding carboxylic acids is 3. The first-order chi connectivity index (χ1) is 15.8. The lowest BCUT2D eigenvalue weighted by Gasteiger charge is -2.41. The Balaban J connectivity index is 1.52. The lowest BCUT2D eigenvalue weighted by molar-refractivity contribution is -0.133. The van der Waals surface area contributed by atoms with Crippen LogP contribution in [0.4, 0.5) is 5.69 Å². The number of rotatable bonds is 5. The second kappa shape index (κ2) is 9.25. The van der Waals surface area contributed by atoms with Crippen LogP contribution in [0.2, 0.25) is 0 Å². The largest absolute Gasteiger partial charge is 0.497 e. The van der Waals surface area contributed by atoms with E-state index in [-0.39, 0.29) is 35.8 Å². The van der Waals surface area contributed by atoms with Crippen LogP contribution in [0.3, 0.4) is 0 Å². The normalized spacial score (nSPS) is 21.2. The zero-order valence-electron chi connectivity index (χ0n) is 19.4. The zero-order chi connectivity index (χ0) is 23.6. The van der Waals surface area contributed by atoms with Crippen LogP contribution in [0.15, 0.2) is 30.3 Å². The van der Waals surface area contributed by atoms with E-state index in [1.807, 2.05) is 0 Å². The van der Waals surface area contributed by atoms with Crippen LogP contribution in [0.1, 0.15) is 66.4 Å². The van der Waals surface area contributed by atoms with Gasteiger partial charge in [-0.15, -0.1) is 0 Å². The molecular weight excluding hydrogens is 422 g/mol. The minimum absolute atomic E-state index is 0.114. The van der Waals surface area contributed by atoms with Gasteiger partial charge in [0.15, 0.2) is 5.69 Å². The van der Waals surface area contributed by atoms with E-state index in [1.165, 1.54) is 28.5 Å². The fourth-order valence-electron chi connectivity index (χ4n) is 4.50. The van der Waals surface area contributed by atoms with Gasteiger partial charge in [-0.05, 0) is 31.9 Å². The van der Waals surface area contributed by atoms with Gasteiger partial charge >= 0.3 is 0 Å². The summed E-state index contributed by atoms with van der Waals surface area (Å²) in [5, 5.41) is 10.3. The maximum atomic E-state index is 13.3. The molecule has 2 N–H and O–H groups in total. The van der Waals surface area contributed by atoms with Gasteiger partial charge in [-0.3, -0.25) is 19.1 Å². The van der Waals surface area contributed by atoms with Crippen molar-refractivity contribution in [3.8, 4) is 5.75 Å². The van der Waals surface area contributed by atoms with Gasteiger partial charge in [-0.25, -0.2) is 0 Å². The van der Waals surface area contributed by atoms with Crippen molar-refractivity contribution in [1.82, 2.24) is 20.0 Å². The van der Waals surface area contributed by atoms with Crippen LogP contribution in [-0.2, 0) is 11.3 Å². The average molecular weight is 454 g/mol. The van der Waals surface area contributed by atoms with Crippen molar-refractivity contribution >= 4 is 23.4 Å². The molecule has 1 aromatic heterocycles. The van der Waals surface area contributed by atoms with Crippen molar-refractivity contribution in [3.05, 3.63) is 41.7 Å². The van der Waals surface area contributed by atoms with Crippen molar-refractivity contribution in [1.29, 1.82) is 0 Å². The van der Waals surface area contributed by atoms with Gasteiger partial charge in [0.2, 0.25) is 5.91 Å². The molecule has 1 atom stereocenters. The number of fused-ring (bicyclic) bond motifs is 1. The van der Waals surface area contributed by atoms with Crippen LogP contribution in [0.25, 0.3) is 0 Å². The number of anilines is 1. The second-order valence-corrected chi connectivity index (χ2v) is 9.06. The molecule has 2 aromatic rings. The molecule has 9 nitrogen and oxygen atoms in total. The third kappa shape index (κ3) is 4.58. The quantitative estimate of drug-likeness (QED) is 0.678. The van der Waals surface area contributed by atoms with E-state index in [0.29, 0.717) is 11.4 Å². The fourth-order valence-corrected chi connectivity index (χ4v) is 4.50. The molecule has 0 radical (unpaired) electrons. The maximum Gasteiger partial charge on any atom is 0.276 e. The highest BCUT2D eigenvalue weighted by molar-refractivity contribution is 6.05. The predicted octanol–water partition coefficient (Wildman–Crippen LogP) is 2.83. The maximum absolute atomic E-state index is 13.3. The number of benzene rings is 1. The Morgan fingerprint density at radius 3 is 2.58 bits per heavy atom. The summed E-state index contributed by atoms with van der Waals surface area (Å²) < 4.78 is 6.65. The number of hydrogen-bond donors (Lipinski definition) is 2. The van der Waals surface area contributed by atoms with Crippen molar-refractivity contribution < 1.29 is 19.1 Å². The molecule has 3 amide bonds. The highest BCUT2D eigenvalue weighted by Crippen LogP contribution is 2.27. The lowest BCUT2D eigenvalue weighted by atomic mass is 9.95. The Morgan fingerprint density at radius 2 is 1.88 bits per heavy atom. The molecule has 0 unspecified atom stereocenters. The number of nitrogens with one attached hydrogen (secondary N) is 2. The average Bonchev–Trinajstić information content (AvgIpc) is 3.06. The van der Waals surface area contributed by atoms with Gasteiger partial charge in [-0.1, -0.05) is 31.7 Å². The van der Waals surface area contributed by atoms with E-state index in [9.17, 15) is 14.4 Å². The van der Waals surface area contributed by atoms with Gasteiger partial charge in [0.25, 0.3) is 11.8 Å². The molecule has 1 aliphatic carbocycles. The summed E-state index contributed by atoms with van der Waals surface area (Å²) >= 11 is 0. The molecule has 1 fully saturated rings. The van der Waals surface area contributed by atoms with Gasteiger partial charge in [0.05, 0.1) is 13.7 Å². The van der Waals surface area contributed by atoms with Crippen molar-refractivity contribution in [2.75, 3.05) is 19.5 Å². The molecule has 33 heavy (non-hydrogen) atoms. The number of carbonyl (C=O) groups is 3. The van der Waals surface area contributed by atoms with Gasteiger partial charge in [0.1, 0.15) is 17.0 Å². The standard InChI is InChI=1S/C24H31N5O4/c1-24(23(32)26-16-9-6-4-5-7-10-16)15-29-20(22(31)28(24)2)14-19(27-29)21(30)25-17-11-8-12-18(13-17)33-3/h8,11-14,16H,4-7,9-10,15H2,1-3H3,(H,25,30)(H,26,32)/t24-/m0/s1. The number of methoxy groups -OCH3 is 1. The Kier molecular flexibility index (Phi) is 6.40. The summed E-state index contributed by atoms with van der Waals surface area (Å²) in [5.74, 6) is -0.351. The van der Waals surface area contributed by atoms with Crippen molar-refractivity contribution in [3.63, 3.8) is 0 Å². The monoisotopic (exact) mass is 453 g/mol. The topological polar surface area (TPSA) is 106 Å². The van der Waals surface area contributed by atoms with E-state index >= 15 is 0 Å². The Bertz CT molecular complexity index is 1060. The molecule has 1 saturated carbocycles. The summed E-state index contributed by atoms with van der Waals surface area (Å²) in [4.78, 5) is 40.6. The highest BCUT2D eigenvalue weighted by Gasteiger charge is 2.46. The molecular formula is C24H31N5O4. The van der Waals surface area contributed by atoms with E-state index < -0.39 is 11.4 Å². The zero-order valence-corrected chi connectivity index (χ0v) is 19.4. The molecule has 2 aliphatic rings. The first-order valence-electron chi connectivity index (χ1n) is 11.4. The number of amides is 3. The Morgan fingerprint density at radius 1 is 1.15 bits per heavy atom. The summed E-state index contributed by atoms with van der Waals surface area (Å²) in [6.45, 7) is 1.92. The lowest BCUT2D eigenvalue weighted by Crippen LogP contribution is -2.63. The SMILES string of the molecule is COc1cccc(NC(=O)c2cc3n(n2)C[C@@](C)(C(=O)NC2CCCCCC2)N(C)C3=O)c1. The summed E-state index contributed by atoms with van der Waals surface area (Å²) in [5.41, 5.74) is -0.138. The minimum atomic E-state index is -1.09. The molecule has 4 rings (SSSR count). The van der Waals surface area contributed by atoms with Crippen LogP contribution in [0.5, 0.6) is 5.75 Å². The molecule has 2 heterocycles. The van der Waals surface area contributed by atoms with Crippen molar-refractivity contribution in [2.24, 2.45) is 0 Å². The summed E-state index contributed by atoms with van der Waals surface area (Å²) in [6.07, 6.45) is 6.51. The number of likely N-dealkylation sites (N-methyl/N-ethyl adjacent to an activating group) is 1. The third-order valence-electron chi connectivity index (χ3n) is 6.74. The van der Waals surface area contributed by atoms with Crippen LogP contribution >= 0.6 is 0 Å². The molecule has 9 heteroatoms. The van der Waals surface area contributed by atoms with Crippen molar-refractivity contribution in [2.45, 2.75) is 63.6 Å². The number of aromatic nitrogens is 2. The van der Waals surface area contributed by atoms with E-state index in [4.69, 9.17) is 4.74 Å². The third-order valence-corrected chi connectivity index (χ3v) is 6.74. The Hall–Kier alpha value is -3.36. The van der Waals surface area contributed by atoms with E-state index in [0.717, 1.165) is 25.7 Å². The number of nitrogens with zero attached hydrogens (tertiary/aromatic N) is 3. The first-order valence-corrected chi connectivity index (χ1v) is 11.4. The molecule has 0 saturated heterocycles. The van der Waals surface area contributed by atoms with Gasteiger partial charge in [-0.2, -0.15) is 5.10 Å². The van der Waals surface area contributed by atoms with Crippen LogP contribution in [0, 0.1) is 0 Å². The van der Waals surface area contributed by atoms with Crippen LogP contribution in [-0.4, -0.2) is 58.1 Å². The Labute approximate surface area is 193 Å². The molecule has 0 bridgehead atoms. The second-order valence-electron chi connectivity index (χ2n) is 9.06. The number of hydrogen-bond acceptors (Lipinski definition) is 5. The molecule has 1 aromatic carbocycles. The van der Waals surface area contributed by atoms with E-state index in [1.54, 1.807) is 45.3 Å². The number of ether oxygens (including phenoxy) is 1. The first kappa shape index (κ1) is 22.8. The summed E-state index contributed by atoms with van der Waals surface area (Å²) in [6, 6.07) is 8.58. The highest BCUT2D eigenvalue weighted by atomic mass is 16.5. The van der Waals surface area contributed by atoms with E-state index in [2.05, 4.69) is 15.7 Å². The smallest absolute Gasteiger partial charge is 0.276 e. The van der Waals surface area contributed by atoms with Crippen LogP contribution < -0.4 is 15.4 Å². The molecule has 1 aliphatic heterocycles. The molecule has 0 spiro atoms. The minimum Gasteiger partial charge on any atom is -0.497 e. The van der Waals surface area contributed by atoms with Gasteiger partial charge in [0, 0.05) is 30.9 Å². The molecule has 176 valence electrons. The van der Waals surface area contributed by atoms with Gasteiger partial charge < -0.3 is 20.3 Å².